The van der Waals surface area contributed by atoms with Gasteiger partial charge in [0.2, 0.25) is 0 Å². The van der Waals surface area contributed by atoms with Crippen molar-refractivity contribution in [2.45, 2.75) is 31.8 Å². The molecule has 4 nitrogen and oxygen atoms in total. The molecule has 0 aromatic carbocycles. The average Bonchev–Trinajstić information content (AvgIpc) is 1.77. The van der Waals surface area contributed by atoms with Crippen LogP contribution in [0.25, 0.3) is 0 Å². The molecule has 0 bridgehead atoms. The summed E-state index contributed by atoms with van der Waals surface area (Å²) in [4.78, 5) is 10.8. The Labute approximate surface area is 65.2 Å². The summed E-state index contributed by atoms with van der Waals surface area (Å²) >= 11 is 0. The first-order valence-electron chi connectivity index (χ1n) is 3.71. The van der Waals surface area contributed by atoms with E-state index in [0.717, 1.165) is 19.3 Å². The molecule has 3 N–H and O–H groups in total. The van der Waals surface area contributed by atoms with E-state index < -0.39 is 0 Å². The zero-order chi connectivity index (χ0) is 8.27. The molecule has 1 saturated carbocycles. The molecule has 0 amide bonds. The number of carbonyl (C=O) groups is 1. The van der Waals surface area contributed by atoms with Crippen LogP contribution in [0, 0.1) is 5.41 Å². The summed E-state index contributed by atoms with van der Waals surface area (Å²) in [5, 5.41) is 6.82. The fraction of sp³-hybridized carbons (Fsp3) is 0.714. The van der Waals surface area contributed by atoms with Crippen LogP contribution in [0.3, 0.4) is 0 Å². The maximum atomic E-state index is 10.8. The van der Waals surface area contributed by atoms with Crippen LogP contribution in [-0.2, 0) is 9.53 Å². The van der Waals surface area contributed by atoms with Crippen LogP contribution in [0.1, 0.15) is 25.7 Å². The third-order valence-corrected chi connectivity index (χ3v) is 1.69. The molecule has 1 fully saturated rings. The Balaban J connectivity index is 2.14. The first-order valence-corrected chi connectivity index (χ1v) is 3.71. The first-order chi connectivity index (χ1) is 5.18. The lowest BCUT2D eigenvalue weighted by Crippen LogP contribution is -2.27. The Hall–Kier alpha value is -1.06. The summed E-state index contributed by atoms with van der Waals surface area (Å²) in [6.45, 7) is 0. The van der Waals surface area contributed by atoms with Crippen molar-refractivity contribution in [2.75, 3.05) is 0 Å². The zero-order valence-corrected chi connectivity index (χ0v) is 6.30. The van der Waals surface area contributed by atoms with E-state index in [-0.39, 0.29) is 24.3 Å². The van der Waals surface area contributed by atoms with Crippen LogP contribution in [0.15, 0.2) is 0 Å². The van der Waals surface area contributed by atoms with Gasteiger partial charge in [0.25, 0.3) is 0 Å². The minimum absolute atomic E-state index is 0.0729. The van der Waals surface area contributed by atoms with Gasteiger partial charge in [0.05, 0.1) is 0 Å². The molecule has 0 atom stereocenters. The molecular weight excluding hydrogens is 144 g/mol. The number of rotatable bonds is 3. The smallest absolute Gasteiger partial charge is 0.313 e. The molecule has 1 aliphatic rings. The van der Waals surface area contributed by atoms with Gasteiger partial charge in [-0.1, -0.05) is 0 Å². The van der Waals surface area contributed by atoms with E-state index in [9.17, 15) is 4.79 Å². The predicted molar refractivity (Wildman–Crippen MR) is 40.3 cm³/mol. The van der Waals surface area contributed by atoms with Crippen LogP contribution in [0.5, 0.6) is 0 Å². The van der Waals surface area contributed by atoms with Gasteiger partial charge in [-0.25, -0.2) is 0 Å². The highest BCUT2D eigenvalue weighted by Gasteiger charge is 2.21. The number of esters is 1. The lowest BCUT2D eigenvalue weighted by molar-refractivity contribution is -0.151. The van der Waals surface area contributed by atoms with Crippen molar-refractivity contribution in [1.82, 2.24) is 0 Å². The van der Waals surface area contributed by atoms with Gasteiger partial charge in [-0.05, 0) is 19.3 Å². The van der Waals surface area contributed by atoms with Crippen LogP contribution in [0.2, 0.25) is 0 Å². The topological polar surface area (TPSA) is 76.2 Å². The number of carbonyl (C=O) groups excluding carboxylic acids is 1. The summed E-state index contributed by atoms with van der Waals surface area (Å²) in [7, 11) is 0. The van der Waals surface area contributed by atoms with Gasteiger partial charge < -0.3 is 10.5 Å². The van der Waals surface area contributed by atoms with Crippen LogP contribution < -0.4 is 5.73 Å². The van der Waals surface area contributed by atoms with E-state index >= 15 is 0 Å². The van der Waals surface area contributed by atoms with Crippen molar-refractivity contribution in [3.8, 4) is 0 Å². The summed E-state index contributed by atoms with van der Waals surface area (Å²) in [5.41, 5.74) is 5.01. The molecule has 11 heavy (non-hydrogen) atoms. The Morgan fingerprint density at radius 3 is 2.64 bits per heavy atom. The number of ether oxygens (including phenoxy) is 1. The molecule has 0 aromatic rings. The second-order valence-corrected chi connectivity index (χ2v) is 2.74. The fourth-order valence-electron chi connectivity index (χ4n) is 0.872. The average molecular weight is 156 g/mol. The molecule has 0 spiro atoms. The Morgan fingerprint density at radius 1 is 1.64 bits per heavy atom. The second kappa shape index (κ2) is 3.37. The Kier molecular flexibility index (Phi) is 2.46. The molecule has 1 rings (SSSR count). The maximum Gasteiger partial charge on any atom is 0.313 e. The van der Waals surface area contributed by atoms with E-state index in [1.54, 1.807) is 0 Å². The van der Waals surface area contributed by atoms with E-state index in [1.807, 2.05) is 0 Å². The van der Waals surface area contributed by atoms with E-state index in [1.165, 1.54) is 0 Å². The third kappa shape index (κ3) is 2.57. The van der Waals surface area contributed by atoms with Crippen molar-refractivity contribution in [3.63, 3.8) is 0 Å². The van der Waals surface area contributed by atoms with Gasteiger partial charge >= 0.3 is 5.97 Å². The predicted octanol–water partition coefficient (Wildman–Crippen LogP) is 0.408. The highest BCUT2D eigenvalue weighted by molar-refractivity contribution is 5.94. The lowest BCUT2D eigenvalue weighted by atomic mass is 9.96. The molecule has 0 aromatic heterocycles. The van der Waals surface area contributed by atoms with Crippen molar-refractivity contribution in [1.29, 1.82) is 5.41 Å². The molecule has 0 heterocycles. The van der Waals surface area contributed by atoms with Gasteiger partial charge in [0, 0.05) is 0 Å². The summed E-state index contributed by atoms with van der Waals surface area (Å²) in [5.74, 6) is -0.503. The molecule has 1 aliphatic carbocycles. The van der Waals surface area contributed by atoms with Crippen LogP contribution >= 0.6 is 0 Å². The highest BCUT2D eigenvalue weighted by Crippen LogP contribution is 2.22. The zero-order valence-electron chi connectivity index (χ0n) is 6.30. The van der Waals surface area contributed by atoms with Gasteiger partial charge in [0.15, 0.2) is 0 Å². The summed E-state index contributed by atoms with van der Waals surface area (Å²) < 4.78 is 4.94. The lowest BCUT2D eigenvalue weighted by Gasteiger charge is -2.24. The van der Waals surface area contributed by atoms with Gasteiger partial charge in [0.1, 0.15) is 18.4 Å². The van der Waals surface area contributed by atoms with Crippen molar-refractivity contribution >= 4 is 11.8 Å². The van der Waals surface area contributed by atoms with Gasteiger partial charge in [-0.2, -0.15) is 0 Å². The number of hydrogen-bond acceptors (Lipinski definition) is 3. The van der Waals surface area contributed by atoms with Crippen LogP contribution in [-0.4, -0.2) is 17.9 Å². The monoisotopic (exact) mass is 156 g/mol. The number of hydrogen-bond donors (Lipinski definition) is 2. The van der Waals surface area contributed by atoms with Gasteiger partial charge in [-0.15, -0.1) is 0 Å². The number of nitrogens with two attached hydrogens (primary N) is 1. The molecule has 0 aliphatic heterocycles. The summed E-state index contributed by atoms with van der Waals surface area (Å²) in [6.07, 6.45) is 3.09. The second-order valence-electron chi connectivity index (χ2n) is 2.74. The molecule has 62 valence electrons. The molecular formula is C7H12N2O2. The third-order valence-electron chi connectivity index (χ3n) is 1.69. The van der Waals surface area contributed by atoms with Crippen molar-refractivity contribution in [2.24, 2.45) is 5.73 Å². The minimum Gasteiger partial charge on any atom is -0.462 e. The molecule has 0 saturated heterocycles. The first kappa shape index (κ1) is 8.04. The van der Waals surface area contributed by atoms with E-state index in [4.69, 9.17) is 15.9 Å². The maximum absolute atomic E-state index is 10.8. The minimum atomic E-state index is -0.373. The fourth-order valence-corrected chi connectivity index (χ4v) is 0.872. The van der Waals surface area contributed by atoms with Crippen LogP contribution in [0.4, 0.5) is 0 Å². The molecule has 0 radical (unpaired) electrons. The number of amidine groups is 1. The summed E-state index contributed by atoms with van der Waals surface area (Å²) in [6, 6.07) is 0. The normalized spacial score (nSPS) is 17.1. The van der Waals surface area contributed by atoms with E-state index in [2.05, 4.69) is 0 Å². The SMILES string of the molecule is N=C(N)CC(=O)OC1CCC1. The van der Waals surface area contributed by atoms with Crippen molar-refractivity contribution in [3.05, 3.63) is 0 Å². The standard InChI is InChI=1S/C7H12N2O2/c8-6(9)4-7(10)11-5-2-1-3-5/h5H,1-4H2,(H3,8,9). The molecule has 0 unspecified atom stereocenters. The van der Waals surface area contributed by atoms with Crippen molar-refractivity contribution < 1.29 is 9.53 Å². The Bertz CT molecular complexity index is 175. The highest BCUT2D eigenvalue weighted by atomic mass is 16.5. The molecule has 4 heteroatoms. The largest absolute Gasteiger partial charge is 0.462 e. The quantitative estimate of drug-likeness (QED) is 0.353. The van der Waals surface area contributed by atoms with Gasteiger partial charge in [-0.3, -0.25) is 10.2 Å². The Morgan fingerprint density at radius 2 is 2.27 bits per heavy atom. The number of nitrogens with one attached hydrogen (secondary N) is 1. The van der Waals surface area contributed by atoms with E-state index in [0.29, 0.717) is 0 Å².